The number of hydrogen-bond acceptors (Lipinski definition) is 3. The maximum Gasteiger partial charge on any atom is 0.222 e. The van der Waals surface area contributed by atoms with Gasteiger partial charge >= 0.3 is 0 Å². The van der Waals surface area contributed by atoms with Gasteiger partial charge in [0.05, 0.1) is 18.6 Å². The van der Waals surface area contributed by atoms with E-state index < -0.39 is 6.10 Å². The van der Waals surface area contributed by atoms with Crippen molar-refractivity contribution in [3.8, 4) is 0 Å². The number of carbonyl (C=O) groups is 1. The SMILES string of the molecule is CC(C)C(O)CC(=O)NCCCOC1CCCc2ccccc21. The molecule has 1 aromatic carbocycles. The first-order chi connectivity index (χ1) is 11.1. The predicted molar refractivity (Wildman–Crippen MR) is 91.2 cm³/mol. The second kappa shape index (κ2) is 9.04. The van der Waals surface area contributed by atoms with Crippen LogP contribution in [0.1, 0.15) is 56.8 Å². The molecule has 2 rings (SSSR count). The molecule has 1 aliphatic rings. The van der Waals surface area contributed by atoms with Gasteiger partial charge in [-0.25, -0.2) is 0 Å². The molecule has 0 aliphatic heterocycles. The molecular weight excluding hydrogens is 290 g/mol. The third-order valence-corrected chi connectivity index (χ3v) is 4.44. The Morgan fingerprint density at radius 3 is 2.96 bits per heavy atom. The van der Waals surface area contributed by atoms with Gasteiger partial charge in [0.25, 0.3) is 0 Å². The van der Waals surface area contributed by atoms with E-state index in [-0.39, 0.29) is 24.3 Å². The van der Waals surface area contributed by atoms with E-state index in [0.29, 0.717) is 13.2 Å². The van der Waals surface area contributed by atoms with Crippen molar-refractivity contribution < 1.29 is 14.6 Å². The summed E-state index contributed by atoms with van der Waals surface area (Å²) in [7, 11) is 0. The molecule has 0 fully saturated rings. The number of fused-ring (bicyclic) bond motifs is 1. The molecule has 2 atom stereocenters. The molecule has 4 heteroatoms. The fourth-order valence-electron chi connectivity index (χ4n) is 2.91. The molecule has 128 valence electrons. The Hall–Kier alpha value is -1.39. The lowest BCUT2D eigenvalue weighted by atomic mass is 9.89. The molecule has 0 spiro atoms. The quantitative estimate of drug-likeness (QED) is 0.724. The Morgan fingerprint density at radius 1 is 1.39 bits per heavy atom. The lowest BCUT2D eigenvalue weighted by Crippen LogP contribution is -2.30. The summed E-state index contributed by atoms with van der Waals surface area (Å²) in [5.41, 5.74) is 2.72. The third-order valence-electron chi connectivity index (χ3n) is 4.44. The van der Waals surface area contributed by atoms with Crippen LogP contribution >= 0.6 is 0 Å². The Kier molecular flexibility index (Phi) is 7.06. The average molecular weight is 319 g/mol. The number of rotatable bonds is 8. The van der Waals surface area contributed by atoms with Crippen molar-refractivity contribution in [2.24, 2.45) is 5.92 Å². The number of aliphatic hydroxyl groups excluding tert-OH is 1. The minimum absolute atomic E-state index is 0.0887. The predicted octanol–water partition coefficient (Wildman–Crippen LogP) is 2.99. The van der Waals surface area contributed by atoms with Crippen molar-refractivity contribution >= 4 is 5.91 Å². The molecule has 4 nitrogen and oxygen atoms in total. The molecule has 0 bridgehead atoms. The van der Waals surface area contributed by atoms with E-state index in [2.05, 4.69) is 29.6 Å². The van der Waals surface area contributed by atoms with E-state index in [1.807, 2.05) is 13.8 Å². The summed E-state index contributed by atoms with van der Waals surface area (Å²) in [6.07, 6.45) is 3.99. The van der Waals surface area contributed by atoms with Crippen LogP contribution in [0, 0.1) is 5.92 Å². The molecule has 0 radical (unpaired) electrons. The highest BCUT2D eigenvalue weighted by atomic mass is 16.5. The first-order valence-corrected chi connectivity index (χ1v) is 8.72. The summed E-state index contributed by atoms with van der Waals surface area (Å²) in [6, 6.07) is 8.50. The standard InChI is InChI=1S/C19H29NO3/c1-14(2)17(21)13-19(22)20-11-6-12-23-18-10-5-8-15-7-3-4-9-16(15)18/h3-4,7,9,14,17-18,21H,5-6,8,10-13H2,1-2H3,(H,20,22). The van der Waals surface area contributed by atoms with Gasteiger partial charge in [-0.1, -0.05) is 38.1 Å². The summed E-state index contributed by atoms with van der Waals surface area (Å²) in [5, 5.41) is 12.5. The number of aliphatic hydroxyl groups is 1. The topological polar surface area (TPSA) is 58.6 Å². The summed E-state index contributed by atoms with van der Waals surface area (Å²) >= 11 is 0. The fraction of sp³-hybridized carbons (Fsp3) is 0.632. The molecule has 0 saturated carbocycles. The Labute approximate surface area is 139 Å². The third kappa shape index (κ3) is 5.63. The number of ether oxygens (including phenoxy) is 1. The second-order valence-electron chi connectivity index (χ2n) is 6.67. The molecule has 23 heavy (non-hydrogen) atoms. The van der Waals surface area contributed by atoms with Gasteiger partial charge in [-0.2, -0.15) is 0 Å². The normalized spacial score (nSPS) is 18.5. The molecule has 2 N–H and O–H groups in total. The Balaban J connectivity index is 1.64. The van der Waals surface area contributed by atoms with Crippen LogP contribution in [0.4, 0.5) is 0 Å². The molecule has 1 amide bonds. The largest absolute Gasteiger partial charge is 0.392 e. The van der Waals surface area contributed by atoms with Crippen LogP contribution in [0.3, 0.4) is 0 Å². The van der Waals surface area contributed by atoms with Crippen molar-refractivity contribution in [1.82, 2.24) is 5.32 Å². The number of benzene rings is 1. The van der Waals surface area contributed by atoms with E-state index in [4.69, 9.17) is 4.74 Å². The van der Waals surface area contributed by atoms with Crippen LogP contribution in [-0.2, 0) is 16.0 Å². The van der Waals surface area contributed by atoms with Crippen molar-refractivity contribution in [2.45, 2.75) is 58.2 Å². The van der Waals surface area contributed by atoms with Gasteiger partial charge in [-0.3, -0.25) is 4.79 Å². The Morgan fingerprint density at radius 2 is 2.17 bits per heavy atom. The monoisotopic (exact) mass is 319 g/mol. The summed E-state index contributed by atoms with van der Waals surface area (Å²) in [4.78, 5) is 11.7. The first kappa shape index (κ1) is 18.0. The van der Waals surface area contributed by atoms with E-state index in [0.717, 1.165) is 19.3 Å². The average Bonchev–Trinajstić information content (AvgIpc) is 2.54. The molecule has 1 aromatic rings. The molecule has 0 saturated heterocycles. The van der Waals surface area contributed by atoms with Crippen LogP contribution in [-0.4, -0.2) is 30.3 Å². The van der Waals surface area contributed by atoms with Gasteiger partial charge in [0, 0.05) is 13.2 Å². The number of amides is 1. The fourth-order valence-corrected chi connectivity index (χ4v) is 2.91. The lowest BCUT2D eigenvalue weighted by Gasteiger charge is -2.25. The maximum atomic E-state index is 11.7. The van der Waals surface area contributed by atoms with Crippen molar-refractivity contribution in [3.05, 3.63) is 35.4 Å². The van der Waals surface area contributed by atoms with Crippen molar-refractivity contribution in [2.75, 3.05) is 13.2 Å². The molecule has 0 heterocycles. The highest BCUT2D eigenvalue weighted by molar-refractivity contribution is 5.76. The maximum absolute atomic E-state index is 11.7. The highest BCUT2D eigenvalue weighted by Crippen LogP contribution is 2.32. The lowest BCUT2D eigenvalue weighted by molar-refractivity contribution is -0.123. The van der Waals surface area contributed by atoms with E-state index in [1.165, 1.54) is 17.5 Å². The van der Waals surface area contributed by atoms with Gasteiger partial charge in [0.2, 0.25) is 5.91 Å². The minimum Gasteiger partial charge on any atom is -0.392 e. The second-order valence-corrected chi connectivity index (χ2v) is 6.67. The summed E-state index contributed by atoms with van der Waals surface area (Å²) in [5.74, 6) is 0.0182. The zero-order chi connectivity index (χ0) is 16.7. The van der Waals surface area contributed by atoms with Crippen molar-refractivity contribution in [1.29, 1.82) is 0 Å². The smallest absolute Gasteiger partial charge is 0.222 e. The van der Waals surface area contributed by atoms with Gasteiger partial charge in [0.1, 0.15) is 0 Å². The van der Waals surface area contributed by atoms with Gasteiger partial charge < -0.3 is 15.2 Å². The van der Waals surface area contributed by atoms with Crippen LogP contribution < -0.4 is 5.32 Å². The number of aryl methyl sites for hydroxylation is 1. The number of nitrogens with one attached hydrogen (secondary N) is 1. The van der Waals surface area contributed by atoms with Crippen LogP contribution in [0.2, 0.25) is 0 Å². The van der Waals surface area contributed by atoms with Crippen LogP contribution in [0.5, 0.6) is 0 Å². The molecule has 0 aromatic heterocycles. The molecular formula is C19H29NO3. The van der Waals surface area contributed by atoms with Gasteiger partial charge in [-0.15, -0.1) is 0 Å². The minimum atomic E-state index is -0.565. The zero-order valence-corrected chi connectivity index (χ0v) is 14.3. The summed E-state index contributed by atoms with van der Waals surface area (Å²) in [6.45, 7) is 5.06. The van der Waals surface area contributed by atoms with Crippen molar-refractivity contribution in [3.63, 3.8) is 0 Å². The van der Waals surface area contributed by atoms with E-state index in [1.54, 1.807) is 0 Å². The molecule has 2 unspecified atom stereocenters. The summed E-state index contributed by atoms with van der Waals surface area (Å²) < 4.78 is 6.01. The first-order valence-electron chi connectivity index (χ1n) is 8.72. The number of hydrogen-bond donors (Lipinski definition) is 2. The van der Waals surface area contributed by atoms with Gasteiger partial charge in [-0.05, 0) is 42.7 Å². The molecule has 1 aliphatic carbocycles. The van der Waals surface area contributed by atoms with Crippen LogP contribution in [0.25, 0.3) is 0 Å². The Bertz CT molecular complexity index is 501. The van der Waals surface area contributed by atoms with E-state index in [9.17, 15) is 9.90 Å². The number of carbonyl (C=O) groups excluding carboxylic acids is 1. The van der Waals surface area contributed by atoms with Gasteiger partial charge in [0.15, 0.2) is 0 Å². The van der Waals surface area contributed by atoms with Crippen LogP contribution in [0.15, 0.2) is 24.3 Å². The highest BCUT2D eigenvalue weighted by Gasteiger charge is 2.20. The zero-order valence-electron chi connectivity index (χ0n) is 14.3. The van der Waals surface area contributed by atoms with E-state index >= 15 is 0 Å².